The first-order valence-corrected chi connectivity index (χ1v) is 21.1. The molecule has 0 amide bonds. The number of hydrogen-bond acceptors (Lipinski definition) is 4. The predicted molar refractivity (Wildman–Crippen MR) is 192 cm³/mol. The fourth-order valence-corrected chi connectivity index (χ4v) is 18.1. The second-order valence-corrected chi connectivity index (χ2v) is 20.9. The van der Waals surface area contributed by atoms with E-state index in [0.717, 1.165) is 22.3 Å². The first-order chi connectivity index (χ1) is 22.7. The Bertz CT molecular complexity index is 2240. The average molecular weight is 687 g/mol. The van der Waals surface area contributed by atoms with Crippen molar-refractivity contribution < 1.29 is 17.5 Å². The van der Waals surface area contributed by atoms with Crippen molar-refractivity contribution in [2.45, 2.75) is 38.8 Å². The Morgan fingerprint density at radius 1 is 0.447 bits per heavy atom. The molecule has 0 bridgehead atoms. The molecular formula is C39H28O4P2S2. The van der Waals surface area contributed by atoms with Crippen molar-refractivity contribution in [3.05, 3.63) is 145 Å². The Morgan fingerprint density at radius 3 is 1.06 bits per heavy atom. The Balaban J connectivity index is 1.23. The van der Waals surface area contributed by atoms with Crippen molar-refractivity contribution in [3.8, 4) is 11.1 Å². The zero-order valence-electron chi connectivity index (χ0n) is 25.5. The van der Waals surface area contributed by atoms with Crippen LogP contribution in [0.2, 0.25) is 0 Å². The highest BCUT2D eigenvalue weighted by Crippen LogP contribution is 2.55. The van der Waals surface area contributed by atoms with Gasteiger partial charge in [-0.25, -0.2) is 8.42 Å². The SMILES string of the molecule is CC1(C)c2cc(P3(=O)c4ccccc4S(=O)c4ccccc43)ccc2-c2ccc(P3(=O)c4ccccc4S(=O)c4ccccc43)cc21. The summed E-state index contributed by atoms with van der Waals surface area (Å²) >= 11 is 0. The van der Waals surface area contributed by atoms with Gasteiger partial charge in [0.1, 0.15) is 0 Å². The van der Waals surface area contributed by atoms with Gasteiger partial charge in [-0.3, -0.25) is 0 Å². The molecule has 6 aromatic carbocycles. The predicted octanol–water partition coefficient (Wildman–Crippen LogP) is 6.23. The molecule has 0 N–H and O–H groups in total. The van der Waals surface area contributed by atoms with E-state index in [1.807, 2.05) is 109 Å². The normalized spacial score (nSPS) is 24.2. The third kappa shape index (κ3) is 3.76. The van der Waals surface area contributed by atoms with E-state index in [4.69, 9.17) is 0 Å². The van der Waals surface area contributed by atoms with Crippen LogP contribution in [0.25, 0.3) is 11.1 Å². The van der Waals surface area contributed by atoms with Crippen molar-refractivity contribution in [1.82, 2.24) is 0 Å². The van der Waals surface area contributed by atoms with Crippen LogP contribution in [0.1, 0.15) is 25.0 Å². The van der Waals surface area contributed by atoms with Crippen LogP contribution < -0.4 is 31.8 Å². The molecule has 0 fully saturated rings. The Hall–Kier alpha value is -3.92. The zero-order valence-corrected chi connectivity index (χ0v) is 29.0. The van der Waals surface area contributed by atoms with E-state index in [-0.39, 0.29) is 0 Å². The molecule has 0 aromatic heterocycles. The molecule has 2 heterocycles. The molecule has 0 saturated heterocycles. The molecule has 8 heteroatoms. The lowest BCUT2D eigenvalue weighted by Gasteiger charge is -2.30. The van der Waals surface area contributed by atoms with Gasteiger partial charge in [0.05, 0.1) is 41.2 Å². The highest BCUT2D eigenvalue weighted by Gasteiger charge is 2.45. The Morgan fingerprint density at radius 2 is 0.745 bits per heavy atom. The van der Waals surface area contributed by atoms with Crippen LogP contribution in [0.4, 0.5) is 0 Å². The quantitative estimate of drug-likeness (QED) is 0.202. The average Bonchev–Trinajstić information content (AvgIpc) is 3.34. The highest BCUT2D eigenvalue weighted by atomic mass is 32.2. The van der Waals surface area contributed by atoms with Gasteiger partial charge in [0.25, 0.3) is 0 Å². The molecule has 0 spiro atoms. The van der Waals surface area contributed by atoms with Crippen LogP contribution in [-0.2, 0) is 36.1 Å². The number of rotatable bonds is 2. The van der Waals surface area contributed by atoms with Crippen LogP contribution in [0.15, 0.2) is 153 Å². The summed E-state index contributed by atoms with van der Waals surface area (Å²) in [6, 6.07) is 41.8. The lowest BCUT2D eigenvalue weighted by molar-refractivity contribution is 0.590. The van der Waals surface area contributed by atoms with E-state index in [0.29, 0.717) is 51.4 Å². The second-order valence-electron chi connectivity index (χ2n) is 12.7. The first kappa shape index (κ1) is 29.2. The van der Waals surface area contributed by atoms with Crippen LogP contribution in [0, 0.1) is 0 Å². The third-order valence-electron chi connectivity index (χ3n) is 9.99. The molecule has 4 nitrogen and oxygen atoms in total. The molecule has 0 saturated carbocycles. The minimum absolute atomic E-state index is 0.496. The van der Waals surface area contributed by atoms with Crippen LogP contribution in [0.5, 0.6) is 0 Å². The zero-order chi connectivity index (χ0) is 32.3. The number of benzene rings is 6. The maximum absolute atomic E-state index is 15.5. The van der Waals surface area contributed by atoms with E-state index in [1.165, 1.54) is 0 Å². The van der Waals surface area contributed by atoms with Crippen molar-refractivity contribution in [3.63, 3.8) is 0 Å². The summed E-state index contributed by atoms with van der Waals surface area (Å²) in [5.41, 5.74) is 3.70. The van der Waals surface area contributed by atoms with Gasteiger partial charge in [-0.1, -0.05) is 86.6 Å². The lowest BCUT2D eigenvalue weighted by Crippen LogP contribution is -2.35. The summed E-state index contributed by atoms with van der Waals surface area (Å²) in [6.45, 7) is 4.32. The summed E-state index contributed by atoms with van der Waals surface area (Å²) in [4.78, 5) is 2.39. The van der Waals surface area contributed by atoms with Crippen LogP contribution in [-0.4, -0.2) is 8.42 Å². The second kappa shape index (κ2) is 10.0. The van der Waals surface area contributed by atoms with Gasteiger partial charge >= 0.3 is 0 Å². The molecule has 230 valence electrons. The van der Waals surface area contributed by atoms with Gasteiger partial charge in [-0.05, 0) is 82.9 Å². The molecule has 47 heavy (non-hydrogen) atoms. The largest absolute Gasteiger partial charge is 0.309 e. The Labute approximate surface area is 278 Å². The fraction of sp³-hybridized carbons (Fsp3) is 0.0769. The van der Waals surface area contributed by atoms with E-state index in [2.05, 4.69) is 38.1 Å². The van der Waals surface area contributed by atoms with Gasteiger partial charge in [0.15, 0.2) is 14.3 Å². The van der Waals surface area contributed by atoms with Crippen molar-refractivity contribution in [1.29, 1.82) is 0 Å². The van der Waals surface area contributed by atoms with E-state index >= 15 is 9.13 Å². The van der Waals surface area contributed by atoms with E-state index in [1.54, 1.807) is 0 Å². The van der Waals surface area contributed by atoms with E-state index in [9.17, 15) is 8.42 Å². The van der Waals surface area contributed by atoms with Crippen molar-refractivity contribution >= 4 is 67.7 Å². The minimum Gasteiger partial charge on any atom is -0.309 e. The van der Waals surface area contributed by atoms with Crippen LogP contribution >= 0.6 is 14.3 Å². The van der Waals surface area contributed by atoms with Gasteiger partial charge < -0.3 is 9.13 Å². The molecule has 9 rings (SSSR count). The Kier molecular flexibility index (Phi) is 6.25. The van der Waals surface area contributed by atoms with Gasteiger partial charge in [-0.15, -0.1) is 0 Å². The summed E-state index contributed by atoms with van der Waals surface area (Å²) in [5, 5.41) is 3.91. The standard InChI is InChI=1S/C39H28O4P2S2/c1-39(2)29-23-25(44(40)31-11-3-7-15-35(31)46(42)36-16-8-4-12-32(36)44)19-21-27(29)28-22-20-26(24-30(28)39)45(41)33-13-5-9-17-37(33)47(43)38-18-10-6-14-34(38)45/h3-24H,1-2H3. The topological polar surface area (TPSA) is 68.3 Å². The van der Waals surface area contributed by atoms with Crippen molar-refractivity contribution in [2.24, 2.45) is 0 Å². The summed E-state index contributed by atoms with van der Waals surface area (Å²) in [6.07, 6.45) is 0. The molecule has 6 aromatic rings. The molecule has 1 aliphatic carbocycles. The van der Waals surface area contributed by atoms with Crippen LogP contribution in [0.3, 0.4) is 0 Å². The number of fused-ring (bicyclic) bond motifs is 7. The molecule has 0 unspecified atom stereocenters. The fourth-order valence-electron chi connectivity index (χ4n) is 7.65. The van der Waals surface area contributed by atoms with E-state index < -0.39 is 41.3 Å². The molecule has 0 atom stereocenters. The summed E-state index contributed by atoms with van der Waals surface area (Å²) in [7, 11) is -9.55. The smallest absolute Gasteiger partial charge is 0.173 e. The first-order valence-electron chi connectivity index (χ1n) is 15.4. The van der Waals surface area contributed by atoms with Gasteiger partial charge in [0, 0.05) is 37.2 Å². The monoisotopic (exact) mass is 686 g/mol. The summed E-state index contributed by atoms with van der Waals surface area (Å²) in [5.74, 6) is 0. The maximum atomic E-state index is 15.5. The molecular weight excluding hydrogens is 659 g/mol. The minimum atomic E-state index is -3.35. The highest BCUT2D eigenvalue weighted by molar-refractivity contribution is 7.93. The molecule has 2 aliphatic heterocycles. The maximum Gasteiger partial charge on any atom is 0.173 e. The molecule has 0 radical (unpaired) electrons. The van der Waals surface area contributed by atoms with Crippen molar-refractivity contribution in [2.75, 3.05) is 0 Å². The lowest BCUT2D eigenvalue weighted by atomic mass is 9.82. The third-order valence-corrected chi connectivity index (χ3v) is 19.9. The summed E-state index contributed by atoms with van der Waals surface area (Å²) < 4.78 is 58.1. The van der Waals surface area contributed by atoms with Gasteiger partial charge in [0.2, 0.25) is 0 Å². The molecule has 3 aliphatic rings. The van der Waals surface area contributed by atoms with Gasteiger partial charge in [-0.2, -0.15) is 0 Å². The number of hydrogen-bond donors (Lipinski definition) is 0.